The standard InChI is InChI=1S/C31H37ClN6O3/c1-5-26(39)37-15-16-38(20(2)17-37)30-28-29(33-31(34-30)41-18-22-11-8-14-35(22)3)36(4)25(19-40-28)23-12-6-9-21-10-7-13-24(32)27(21)23/h5-7,9-10,12-13,20,22,25H,1,8,11,14-19H2,2-4H3/t20-,22?,25?/m0/s1. The molecular weight excluding hydrogens is 540 g/mol. The number of carbonyl (C=O) groups is 1. The summed E-state index contributed by atoms with van der Waals surface area (Å²) in [5.41, 5.74) is 1.08. The minimum absolute atomic E-state index is 0.0176. The predicted octanol–water partition coefficient (Wildman–Crippen LogP) is 4.55. The van der Waals surface area contributed by atoms with E-state index in [0.717, 1.165) is 35.7 Å². The second kappa shape index (κ2) is 11.4. The van der Waals surface area contributed by atoms with Gasteiger partial charge in [0.2, 0.25) is 11.7 Å². The summed E-state index contributed by atoms with van der Waals surface area (Å²) in [6.45, 7) is 9.52. The fraction of sp³-hybridized carbons (Fsp3) is 0.452. The van der Waals surface area contributed by atoms with E-state index in [0.29, 0.717) is 67.3 Å². The fourth-order valence-corrected chi connectivity index (χ4v) is 6.61. The van der Waals surface area contributed by atoms with Gasteiger partial charge in [-0.25, -0.2) is 0 Å². The van der Waals surface area contributed by atoms with Crippen LogP contribution in [-0.2, 0) is 4.79 Å². The van der Waals surface area contributed by atoms with E-state index in [1.165, 1.54) is 6.08 Å². The minimum Gasteiger partial charge on any atom is -0.484 e. The molecule has 6 rings (SSSR count). The van der Waals surface area contributed by atoms with Gasteiger partial charge in [-0.3, -0.25) is 4.79 Å². The van der Waals surface area contributed by atoms with E-state index >= 15 is 0 Å². The highest BCUT2D eigenvalue weighted by molar-refractivity contribution is 6.35. The molecule has 2 fully saturated rings. The molecule has 0 radical (unpaired) electrons. The van der Waals surface area contributed by atoms with Crippen LogP contribution in [-0.4, -0.2) is 91.2 Å². The van der Waals surface area contributed by atoms with E-state index < -0.39 is 0 Å². The molecule has 0 spiro atoms. The first-order chi connectivity index (χ1) is 19.9. The molecule has 3 aromatic rings. The first kappa shape index (κ1) is 27.6. The molecule has 1 amide bonds. The number of piperazine rings is 1. The molecule has 3 aliphatic heterocycles. The van der Waals surface area contributed by atoms with Crippen molar-refractivity contribution >= 4 is 39.9 Å². The van der Waals surface area contributed by atoms with Crippen molar-refractivity contribution < 1.29 is 14.3 Å². The van der Waals surface area contributed by atoms with Gasteiger partial charge in [0.15, 0.2) is 11.6 Å². The number of hydrogen-bond donors (Lipinski definition) is 0. The van der Waals surface area contributed by atoms with Crippen LogP contribution < -0.4 is 19.3 Å². The maximum absolute atomic E-state index is 12.3. The van der Waals surface area contributed by atoms with Crippen molar-refractivity contribution in [3.63, 3.8) is 0 Å². The Bertz CT molecular complexity index is 1460. The van der Waals surface area contributed by atoms with Gasteiger partial charge in [0.1, 0.15) is 13.2 Å². The van der Waals surface area contributed by atoms with Crippen LogP contribution in [0.25, 0.3) is 10.8 Å². The van der Waals surface area contributed by atoms with Crippen molar-refractivity contribution in [1.29, 1.82) is 0 Å². The van der Waals surface area contributed by atoms with Crippen LogP contribution in [0, 0.1) is 0 Å². The van der Waals surface area contributed by atoms with E-state index in [1.807, 2.05) is 24.1 Å². The van der Waals surface area contributed by atoms with E-state index in [9.17, 15) is 4.79 Å². The Morgan fingerprint density at radius 1 is 1.15 bits per heavy atom. The van der Waals surface area contributed by atoms with Crippen molar-refractivity contribution in [3.05, 3.63) is 59.6 Å². The first-order valence-corrected chi connectivity index (χ1v) is 14.7. The molecule has 3 aliphatic rings. The smallest absolute Gasteiger partial charge is 0.320 e. The average Bonchev–Trinajstić information content (AvgIpc) is 3.40. The molecule has 0 saturated carbocycles. The minimum atomic E-state index is -0.109. The molecule has 4 heterocycles. The highest BCUT2D eigenvalue weighted by atomic mass is 35.5. The Hall–Kier alpha value is -3.56. The van der Waals surface area contributed by atoms with Gasteiger partial charge in [0, 0.05) is 49.2 Å². The van der Waals surface area contributed by atoms with Gasteiger partial charge >= 0.3 is 6.01 Å². The van der Waals surface area contributed by atoms with Gasteiger partial charge in [-0.15, -0.1) is 0 Å². The Morgan fingerprint density at radius 3 is 2.66 bits per heavy atom. The van der Waals surface area contributed by atoms with Crippen molar-refractivity contribution in [3.8, 4) is 11.8 Å². The summed E-state index contributed by atoms with van der Waals surface area (Å²) in [6.07, 6.45) is 3.63. The summed E-state index contributed by atoms with van der Waals surface area (Å²) < 4.78 is 12.8. The number of likely N-dealkylation sites (N-methyl/N-ethyl adjacent to an activating group) is 2. The third kappa shape index (κ3) is 5.17. The van der Waals surface area contributed by atoms with Gasteiger partial charge in [-0.05, 0) is 56.4 Å². The molecule has 41 heavy (non-hydrogen) atoms. The van der Waals surface area contributed by atoms with Gasteiger partial charge in [-0.2, -0.15) is 9.97 Å². The lowest BCUT2D eigenvalue weighted by atomic mass is 9.97. The number of aromatic nitrogens is 2. The summed E-state index contributed by atoms with van der Waals surface area (Å²) in [6, 6.07) is 12.8. The monoisotopic (exact) mass is 576 g/mol. The van der Waals surface area contributed by atoms with Gasteiger partial charge in [0.05, 0.1) is 6.04 Å². The third-order valence-electron chi connectivity index (χ3n) is 8.70. The molecule has 2 unspecified atom stereocenters. The van der Waals surface area contributed by atoms with E-state index in [2.05, 4.69) is 59.5 Å². The Labute approximate surface area is 246 Å². The second-order valence-electron chi connectivity index (χ2n) is 11.2. The van der Waals surface area contributed by atoms with Crippen molar-refractivity contribution in [2.45, 2.75) is 37.9 Å². The normalized spacial score (nSPS) is 22.9. The maximum atomic E-state index is 12.3. The number of benzene rings is 2. The molecule has 10 heteroatoms. The zero-order valence-electron chi connectivity index (χ0n) is 23.9. The Morgan fingerprint density at radius 2 is 1.93 bits per heavy atom. The van der Waals surface area contributed by atoms with Crippen LogP contribution in [0.1, 0.15) is 31.4 Å². The van der Waals surface area contributed by atoms with E-state index in [1.54, 1.807) is 0 Å². The number of anilines is 2. The molecule has 9 nitrogen and oxygen atoms in total. The zero-order valence-corrected chi connectivity index (χ0v) is 24.7. The Balaban J connectivity index is 1.37. The number of ether oxygens (including phenoxy) is 2. The van der Waals surface area contributed by atoms with Gasteiger partial charge in [-0.1, -0.05) is 48.5 Å². The highest BCUT2D eigenvalue weighted by Crippen LogP contribution is 2.45. The lowest BCUT2D eigenvalue weighted by molar-refractivity contribution is -0.126. The third-order valence-corrected chi connectivity index (χ3v) is 9.02. The SMILES string of the molecule is C=CC(=O)N1CCN(c2nc(OCC3CCCN3C)nc3c2OCC(c2cccc4cccc(Cl)c24)N3C)[C@@H](C)C1. The van der Waals surface area contributed by atoms with Crippen LogP contribution in [0.4, 0.5) is 11.6 Å². The quantitative estimate of drug-likeness (QED) is 0.396. The number of fused-ring (bicyclic) bond motifs is 2. The number of hydrogen-bond acceptors (Lipinski definition) is 8. The lowest BCUT2D eigenvalue weighted by Gasteiger charge is -2.42. The number of carbonyl (C=O) groups excluding carboxylic acids is 1. The summed E-state index contributed by atoms with van der Waals surface area (Å²) >= 11 is 6.71. The highest BCUT2D eigenvalue weighted by Gasteiger charge is 2.36. The second-order valence-corrected chi connectivity index (χ2v) is 11.6. The van der Waals surface area contributed by atoms with Crippen LogP contribution >= 0.6 is 11.6 Å². The summed E-state index contributed by atoms with van der Waals surface area (Å²) in [7, 11) is 4.17. The van der Waals surface area contributed by atoms with E-state index in [4.69, 9.17) is 31.0 Å². The maximum Gasteiger partial charge on any atom is 0.320 e. The summed E-state index contributed by atoms with van der Waals surface area (Å²) in [4.78, 5) is 30.6. The van der Waals surface area contributed by atoms with Crippen LogP contribution in [0.5, 0.6) is 11.8 Å². The Kier molecular flexibility index (Phi) is 7.66. The number of nitrogens with zero attached hydrogens (tertiary/aromatic N) is 6. The number of rotatable bonds is 6. The van der Waals surface area contributed by atoms with Crippen molar-refractivity contribution in [2.75, 3.05) is 63.3 Å². The zero-order chi connectivity index (χ0) is 28.7. The molecule has 0 N–H and O–H groups in total. The van der Waals surface area contributed by atoms with Crippen LogP contribution in [0.2, 0.25) is 5.02 Å². The van der Waals surface area contributed by atoms with Crippen molar-refractivity contribution in [1.82, 2.24) is 19.8 Å². The summed E-state index contributed by atoms with van der Waals surface area (Å²) in [5, 5.41) is 2.82. The average molecular weight is 577 g/mol. The predicted molar refractivity (Wildman–Crippen MR) is 162 cm³/mol. The first-order valence-electron chi connectivity index (χ1n) is 14.3. The van der Waals surface area contributed by atoms with Crippen LogP contribution in [0.3, 0.4) is 0 Å². The lowest BCUT2D eigenvalue weighted by Crippen LogP contribution is -2.54. The summed E-state index contributed by atoms with van der Waals surface area (Å²) in [5.74, 6) is 1.96. The molecule has 3 atom stereocenters. The number of amides is 1. The van der Waals surface area contributed by atoms with Crippen molar-refractivity contribution in [2.24, 2.45) is 0 Å². The molecule has 0 bridgehead atoms. The molecule has 1 aromatic heterocycles. The molecular formula is C31H37ClN6O3. The van der Waals surface area contributed by atoms with E-state index in [-0.39, 0.29) is 18.0 Å². The van der Waals surface area contributed by atoms with Crippen LogP contribution in [0.15, 0.2) is 49.1 Å². The number of likely N-dealkylation sites (tertiary alicyclic amines) is 1. The van der Waals surface area contributed by atoms with Gasteiger partial charge in [0.25, 0.3) is 0 Å². The largest absolute Gasteiger partial charge is 0.484 e. The fourth-order valence-electron chi connectivity index (χ4n) is 6.32. The topological polar surface area (TPSA) is 74.3 Å². The molecule has 2 saturated heterocycles. The molecule has 2 aromatic carbocycles. The van der Waals surface area contributed by atoms with Gasteiger partial charge < -0.3 is 29.1 Å². The number of halogens is 1. The molecule has 0 aliphatic carbocycles. The molecule has 216 valence electrons.